The number of hydrogen-bond acceptors (Lipinski definition) is 7. The summed E-state index contributed by atoms with van der Waals surface area (Å²) in [4.78, 5) is 25.5. The van der Waals surface area contributed by atoms with Gasteiger partial charge in [-0.2, -0.15) is 31.3 Å². The van der Waals surface area contributed by atoms with Crippen molar-refractivity contribution in [2.75, 3.05) is 17.6 Å². The molecule has 0 saturated heterocycles. The minimum Gasteiger partial charge on any atom is -0.475 e. The predicted molar refractivity (Wildman–Crippen MR) is 76.0 cm³/mol. The van der Waals surface area contributed by atoms with Crippen LogP contribution < -0.4 is 16.8 Å². The number of halogens is 6. The van der Waals surface area contributed by atoms with Crippen LogP contribution in [0.4, 0.5) is 38.1 Å². The zero-order valence-corrected chi connectivity index (χ0v) is 13.0. The number of nitrogens with one attached hydrogen (secondary N) is 1. The van der Waals surface area contributed by atoms with Gasteiger partial charge in [0.2, 0.25) is 5.95 Å². The fourth-order valence-electron chi connectivity index (χ4n) is 0.738. The molecular formula is C11H15F6N5O4. The third kappa shape index (κ3) is 14.7. The average Bonchev–Trinajstić information content (AvgIpc) is 2.44. The summed E-state index contributed by atoms with van der Waals surface area (Å²) in [6.45, 7) is 2.59. The maximum Gasteiger partial charge on any atom is 0.490 e. The topological polar surface area (TPSA) is 164 Å². The molecule has 0 aliphatic carbocycles. The molecule has 7 N–H and O–H groups in total. The van der Waals surface area contributed by atoms with Gasteiger partial charge in [0.1, 0.15) is 5.82 Å². The normalized spacial score (nSPS) is 11.8. The summed E-state index contributed by atoms with van der Waals surface area (Å²) in [6, 6.07) is 1.85. The monoisotopic (exact) mass is 395 g/mol. The van der Waals surface area contributed by atoms with E-state index in [-0.39, 0.29) is 12.0 Å². The molecule has 1 aromatic heterocycles. The highest BCUT2D eigenvalue weighted by molar-refractivity contribution is 5.73. The highest BCUT2D eigenvalue weighted by Gasteiger charge is 2.38. The lowest BCUT2D eigenvalue weighted by atomic mass is 10.3. The van der Waals surface area contributed by atoms with E-state index in [0.29, 0.717) is 12.4 Å². The number of carboxylic acid groups (broad SMARTS) is 2. The lowest BCUT2D eigenvalue weighted by Crippen LogP contribution is -2.25. The molecule has 150 valence electrons. The van der Waals surface area contributed by atoms with Crippen LogP contribution in [0.2, 0.25) is 0 Å². The smallest absolute Gasteiger partial charge is 0.475 e. The van der Waals surface area contributed by atoms with Gasteiger partial charge in [0.05, 0.1) is 0 Å². The first-order valence-electron chi connectivity index (χ1n) is 6.25. The lowest BCUT2D eigenvalue weighted by molar-refractivity contribution is -0.193. The number of aromatic nitrogens is 2. The van der Waals surface area contributed by atoms with Crippen LogP contribution in [-0.2, 0) is 9.59 Å². The van der Waals surface area contributed by atoms with E-state index in [1.807, 2.05) is 6.92 Å². The van der Waals surface area contributed by atoms with Crippen LogP contribution in [0.1, 0.15) is 6.92 Å². The fraction of sp³-hybridized carbons (Fsp3) is 0.455. The summed E-state index contributed by atoms with van der Waals surface area (Å²) in [5.74, 6) is -4.54. The maximum atomic E-state index is 10.6. The number of carbonyl (C=O) groups is 2. The van der Waals surface area contributed by atoms with Crippen LogP contribution in [0.25, 0.3) is 0 Å². The molecule has 0 saturated carbocycles. The minimum absolute atomic E-state index is 0.0983. The standard InChI is InChI=1S/C7H13N5.2C2HF3O2/c1-5(8)4-11-6-2-3-10-7(9)12-6;2*3-2(4,5)1(6)7/h2-3,5H,4,8H2,1H3,(H3,9,10,11,12);2*(H,6,7). The Kier molecular flexibility index (Phi) is 10.7. The number of aliphatic carboxylic acids is 2. The first kappa shape index (κ1) is 25.4. The Bertz CT molecular complexity index is 555. The summed E-state index contributed by atoms with van der Waals surface area (Å²) in [5, 5.41) is 17.3. The number of nitrogens with two attached hydrogens (primary N) is 2. The molecule has 0 bridgehead atoms. The molecule has 1 aromatic rings. The summed E-state index contributed by atoms with van der Waals surface area (Å²) >= 11 is 0. The van der Waals surface area contributed by atoms with E-state index in [0.717, 1.165) is 0 Å². The largest absolute Gasteiger partial charge is 0.490 e. The van der Waals surface area contributed by atoms with Crippen molar-refractivity contribution in [3.63, 3.8) is 0 Å². The van der Waals surface area contributed by atoms with E-state index in [1.165, 1.54) is 0 Å². The van der Waals surface area contributed by atoms with E-state index < -0.39 is 24.3 Å². The second-order valence-corrected chi connectivity index (χ2v) is 4.26. The van der Waals surface area contributed by atoms with Crippen LogP contribution in [0.15, 0.2) is 12.3 Å². The third-order valence-corrected chi connectivity index (χ3v) is 1.76. The lowest BCUT2D eigenvalue weighted by Gasteiger charge is -2.07. The van der Waals surface area contributed by atoms with Crippen molar-refractivity contribution in [1.82, 2.24) is 9.97 Å². The molecule has 0 fully saturated rings. The van der Waals surface area contributed by atoms with Gasteiger partial charge >= 0.3 is 24.3 Å². The molecule has 0 aromatic carbocycles. The molecule has 0 amide bonds. The third-order valence-electron chi connectivity index (χ3n) is 1.76. The zero-order chi connectivity index (χ0) is 21.1. The summed E-state index contributed by atoms with van der Waals surface area (Å²) in [7, 11) is 0. The summed E-state index contributed by atoms with van der Waals surface area (Å²) in [6.07, 6.45) is -8.56. The quantitative estimate of drug-likeness (QED) is 0.471. The Hall–Kier alpha value is -2.84. The molecule has 26 heavy (non-hydrogen) atoms. The van der Waals surface area contributed by atoms with Gasteiger partial charge in [-0.3, -0.25) is 0 Å². The van der Waals surface area contributed by atoms with Crippen LogP contribution in [-0.4, -0.2) is 57.1 Å². The predicted octanol–water partition coefficient (Wildman–Crippen LogP) is 1.08. The molecule has 0 aliphatic rings. The number of anilines is 2. The van der Waals surface area contributed by atoms with Crippen LogP contribution >= 0.6 is 0 Å². The van der Waals surface area contributed by atoms with Gasteiger partial charge in [-0.25, -0.2) is 14.6 Å². The maximum absolute atomic E-state index is 10.6. The van der Waals surface area contributed by atoms with E-state index in [9.17, 15) is 26.3 Å². The van der Waals surface area contributed by atoms with Crippen molar-refractivity contribution in [3.8, 4) is 0 Å². The SMILES string of the molecule is CC(N)CNc1ccnc(N)n1.O=C(O)C(F)(F)F.O=C(O)C(F)(F)F. The molecule has 15 heteroatoms. The van der Waals surface area contributed by atoms with Crippen LogP contribution in [0.3, 0.4) is 0 Å². The van der Waals surface area contributed by atoms with Crippen molar-refractivity contribution in [3.05, 3.63) is 12.3 Å². The number of nitrogen functional groups attached to an aromatic ring is 1. The van der Waals surface area contributed by atoms with Gasteiger partial charge in [-0.1, -0.05) is 0 Å². The van der Waals surface area contributed by atoms with Gasteiger partial charge in [-0.15, -0.1) is 0 Å². The van der Waals surface area contributed by atoms with Crippen molar-refractivity contribution < 1.29 is 46.1 Å². The Morgan fingerprint density at radius 1 is 1.15 bits per heavy atom. The van der Waals surface area contributed by atoms with E-state index in [1.54, 1.807) is 12.3 Å². The van der Waals surface area contributed by atoms with Gasteiger partial charge < -0.3 is 27.0 Å². The Morgan fingerprint density at radius 2 is 1.54 bits per heavy atom. The molecule has 0 radical (unpaired) electrons. The fourth-order valence-corrected chi connectivity index (χ4v) is 0.738. The number of carboxylic acids is 2. The van der Waals surface area contributed by atoms with Crippen LogP contribution in [0, 0.1) is 0 Å². The molecule has 1 heterocycles. The zero-order valence-electron chi connectivity index (χ0n) is 13.0. The molecule has 0 aliphatic heterocycles. The van der Waals surface area contributed by atoms with E-state index >= 15 is 0 Å². The number of nitrogens with zero attached hydrogens (tertiary/aromatic N) is 2. The van der Waals surface area contributed by atoms with Gasteiger partial charge in [0.15, 0.2) is 0 Å². The van der Waals surface area contributed by atoms with Crippen molar-refractivity contribution in [1.29, 1.82) is 0 Å². The highest BCUT2D eigenvalue weighted by atomic mass is 19.4. The number of rotatable bonds is 3. The second kappa shape index (κ2) is 10.9. The Morgan fingerprint density at radius 3 is 1.81 bits per heavy atom. The van der Waals surface area contributed by atoms with Crippen molar-refractivity contribution >= 4 is 23.7 Å². The van der Waals surface area contributed by atoms with Crippen molar-refractivity contribution in [2.24, 2.45) is 5.73 Å². The van der Waals surface area contributed by atoms with Gasteiger partial charge in [0.25, 0.3) is 0 Å². The number of alkyl halides is 6. The molecule has 1 unspecified atom stereocenters. The minimum atomic E-state index is -5.08. The number of hydrogen-bond donors (Lipinski definition) is 5. The first-order chi connectivity index (χ1) is 11.6. The Labute approximate surface area is 142 Å². The van der Waals surface area contributed by atoms with E-state index in [4.69, 9.17) is 31.3 Å². The molecule has 1 atom stereocenters. The Balaban J connectivity index is 0. The van der Waals surface area contributed by atoms with Crippen molar-refractivity contribution in [2.45, 2.75) is 25.3 Å². The summed E-state index contributed by atoms with van der Waals surface area (Å²) < 4.78 is 63.5. The highest BCUT2D eigenvalue weighted by Crippen LogP contribution is 2.13. The van der Waals surface area contributed by atoms with E-state index in [2.05, 4.69) is 15.3 Å². The van der Waals surface area contributed by atoms with Gasteiger partial charge in [-0.05, 0) is 13.0 Å². The molecule has 9 nitrogen and oxygen atoms in total. The molecular weight excluding hydrogens is 380 g/mol. The second-order valence-electron chi connectivity index (χ2n) is 4.26. The molecule has 1 rings (SSSR count). The average molecular weight is 395 g/mol. The summed E-state index contributed by atoms with van der Waals surface area (Å²) in [5.41, 5.74) is 10.9. The van der Waals surface area contributed by atoms with Crippen LogP contribution in [0.5, 0.6) is 0 Å². The molecule has 0 spiro atoms. The first-order valence-corrected chi connectivity index (χ1v) is 6.25. The van der Waals surface area contributed by atoms with Gasteiger partial charge in [0, 0.05) is 18.8 Å².